The molecule has 1 heterocycles. The summed E-state index contributed by atoms with van der Waals surface area (Å²) in [4.78, 5) is 0.378. The maximum atomic E-state index is 11.4. The Morgan fingerprint density at radius 3 is 2.45 bits per heavy atom. The number of halogens is 1. The highest BCUT2D eigenvalue weighted by atomic mass is 35.5. The fourth-order valence-electron chi connectivity index (χ4n) is 2.38. The molecule has 0 aliphatic carbocycles. The zero-order chi connectivity index (χ0) is 13.9. The summed E-state index contributed by atoms with van der Waals surface area (Å²) in [6.07, 6.45) is 2.43. The summed E-state index contributed by atoms with van der Waals surface area (Å²) in [5.74, 6) is 0. The van der Waals surface area contributed by atoms with Gasteiger partial charge in [0.05, 0.1) is 4.90 Å². The minimum absolute atomic E-state index is 0. The van der Waals surface area contributed by atoms with Gasteiger partial charge in [-0.2, -0.15) is 0 Å². The molecule has 0 radical (unpaired) electrons. The second-order valence-electron chi connectivity index (χ2n) is 5.76. The van der Waals surface area contributed by atoms with Crippen LogP contribution in [-0.2, 0) is 16.4 Å². The third kappa shape index (κ3) is 4.74. The van der Waals surface area contributed by atoms with Crippen molar-refractivity contribution in [2.75, 3.05) is 25.9 Å². The average Bonchev–Trinajstić information content (AvgIpc) is 2.76. The van der Waals surface area contributed by atoms with E-state index in [1.54, 1.807) is 12.1 Å². The predicted molar refractivity (Wildman–Crippen MR) is 84.1 cm³/mol. The summed E-state index contributed by atoms with van der Waals surface area (Å²) < 4.78 is 22.7. The summed E-state index contributed by atoms with van der Waals surface area (Å²) >= 11 is 0. The van der Waals surface area contributed by atoms with Crippen LogP contribution in [0.3, 0.4) is 0 Å². The molecule has 6 heteroatoms. The fourth-order valence-corrected chi connectivity index (χ4v) is 3.01. The summed E-state index contributed by atoms with van der Waals surface area (Å²) in [7, 11) is -3.09. The van der Waals surface area contributed by atoms with Gasteiger partial charge in [-0.05, 0) is 36.1 Å². The molecule has 1 aromatic carbocycles. The minimum atomic E-state index is -3.09. The van der Waals surface area contributed by atoms with Crippen LogP contribution in [0.1, 0.15) is 18.9 Å². The van der Waals surface area contributed by atoms with Crippen molar-refractivity contribution < 1.29 is 8.42 Å². The van der Waals surface area contributed by atoms with Gasteiger partial charge in [0.2, 0.25) is 0 Å². The topological polar surface area (TPSA) is 58.2 Å². The second-order valence-corrected chi connectivity index (χ2v) is 7.77. The van der Waals surface area contributed by atoms with Crippen molar-refractivity contribution in [1.82, 2.24) is 10.6 Å². The van der Waals surface area contributed by atoms with Gasteiger partial charge in [0.15, 0.2) is 9.84 Å². The van der Waals surface area contributed by atoms with Crippen LogP contribution in [0.5, 0.6) is 0 Å². The maximum Gasteiger partial charge on any atom is 0.175 e. The summed E-state index contributed by atoms with van der Waals surface area (Å²) in [5.41, 5.74) is 1.45. The van der Waals surface area contributed by atoms with Gasteiger partial charge in [-0.1, -0.05) is 19.1 Å². The van der Waals surface area contributed by atoms with Gasteiger partial charge in [0.25, 0.3) is 0 Å². The molecule has 1 aliphatic heterocycles. The van der Waals surface area contributed by atoms with Crippen LogP contribution in [0, 0.1) is 5.41 Å². The van der Waals surface area contributed by atoms with Crippen LogP contribution >= 0.6 is 12.4 Å². The third-order valence-corrected chi connectivity index (χ3v) is 4.82. The number of benzene rings is 1. The summed E-state index contributed by atoms with van der Waals surface area (Å²) in [6, 6.07) is 7.09. The van der Waals surface area contributed by atoms with Crippen LogP contribution in [0.15, 0.2) is 29.2 Å². The highest BCUT2D eigenvalue weighted by Crippen LogP contribution is 2.23. The smallest absolute Gasteiger partial charge is 0.175 e. The maximum absolute atomic E-state index is 11.4. The molecule has 0 amide bonds. The van der Waals surface area contributed by atoms with Crippen LogP contribution in [0.2, 0.25) is 0 Å². The lowest BCUT2D eigenvalue weighted by molar-refractivity contribution is 0.339. The molecule has 0 spiro atoms. The molecule has 0 bridgehead atoms. The molecule has 1 aliphatic rings. The van der Waals surface area contributed by atoms with Gasteiger partial charge in [0, 0.05) is 25.9 Å². The van der Waals surface area contributed by atoms with E-state index in [4.69, 9.17) is 0 Å². The lowest BCUT2D eigenvalue weighted by Crippen LogP contribution is -2.33. The van der Waals surface area contributed by atoms with E-state index in [9.17, 15) is 8.42 Å². The largest absolute Gasteiger partial charge is 0.316 e. The molecule has 0 aromatic heterocycles. The van der Waals surface area contributed by atoms with Crippen molar-refractivity contribution in [3.05, 3.63) is 29.8 Å². The Labute approximate surface area is 127 Å². The molecule has 4 nitrogen and oxygen atoms in total. The number of nitrogens with one attached hydrogen (secondary N) is 2. The van der Waals surface area contributed by atoms with Crippen LogP contribution in [0.4, 0.5) is 0 Å². The number of hydrogen-bond donors (Lipinski definition) is 2. The molecule has 1 unspecified atom stereocenters. The van der Waals surface area contributed by atoms with E-state index in [1.165, 1.54) is 12.7 Å². The first kappa shape index (κ1) is 17.4. The number of rotatable bonds is 5. The molecule has 0 saturated carbocycles. The highest BCUT2D eigenvalue weighted by Gasteiger charge is 2.27. The van der Waals surface area contributed by atoms with Gasteiger partial charge >= 0.3 is 0 Å². The molecule has 1 atom stereocenters. The Kier molecular flexibility index (Phi) is 6.01. The van der Waals surface area contributed by atoms with Gasteiger partial charge < -0.3 is 10.6 Å². The van der Waals surface area contributed by atoms with Crippen molar-refractivity contribution in [3.8, 4) is 0 Å². The van der Waals surface area contributed by atoms with Crippen LogP contribution in [-0.4, -0.2) is 34.3 Å². The van der Waals surface area contributed by atoms with E-state index in [0.29, 0.717) is 10.3 Å². The van der Waals surface area contributed by atoms with Gasteiger partial charge in [-0.3, -0.25) is 0 Å². The predicted octanol–water partition coefficient (Wildman–Crippen LogP) is 1.60. The minimum Gasteiger partial charge on any atom is -0.316 e. The Morgan fingerprint density at radius 1 is 1.30 bits per heavy atom. The Balaban J connectivity index is 0.00000200. The van der Waals surface area contributed by atoms with E-state index in [2.05, 4.69) is 17.6 Å². The van der Waals surface area contributed by atoms with E-state index >= 15 is 0 Å². The van der Waals surface area contributed by atoms with Gasteiger partial charge in [0.1, 0.15) is 0 Å². The lowest BCUT2D eigenvalue weighted by atomic mass is 9.90. The summed E-state index contributed by atoms with van der Waals surface area (Å²) in [5, 5.41) is 6.83. The quantitative estimate of drug-likeness (QED) is 0.866. The SMILES string of the molecule is CC1(CNCc2ccc(S(C)(=O)=O)cc2)CCNC1.Cl. The Hall–Kier alpha value is -0.620. The first-order valence-corrected chi connectivity index (χ1v) is 8.49. The number of hydrogen-bond acceptors (Lipinski definition) is 4. The molecule has 1 fully saturated rings. The first-order chi connectivity index (χ1) is 8.89. The monoisotopic (exact) mass is 318 g/mol. The van der Waals surface area contributed by atoms with Crippen molar-refractivity contribution in [1.29, 1.82) is 0 Å². The van der Waals surface area contributed by atoms with E-state index in [-0.39, 0.29) is 12.4 Å². The zero-order valence-electron chi connectivity index (χ0n) is 12.0. The molecule has 1 saturated heterocycles. The normalized spacial score (nSPS) is 22.5. The van der Waals surface area contributed by atoms with Crippen molar-refractivity contribution in [2.24, 2.45) is 5.41 Å². The average molecular weight is 319 g/mol. The third-order valence-electron chi connectivity index (χ3n) is 3.69. The molecule has 2 N–H and O–H groups in total. The molecule has 1 aromatic rings. The molecule has 20 heavy (non-hydrogen) atoms. The fraction of sp³-hybridized carbons (Fsp3) is 0.571. The van der Waals surface area contributed by atoms with Crippen molar-refractivity contribution in [2.45, 2.75) is 24.8 Å². The van der Waals surface area contributed by atoms with Crippen molar-refractivity contribution in [3.63, 3.8) is 0 Å². The van der Waals surface area contributed by atoms with Crippen LogP contribution < -0.4 is 10.6 Å². The zero-order valence-corrected chi connectivity index (χ0v) is 13.6. The standard InChI is InChI=1S/C14H22N2O2S.ClH/c1-14(7-8-15-10-14)11-16-9-12-3-5-13(6-4-12)19(2,17)18;/h3-6,15-16H,7-11H2,1-2H3;1H. The van der Waals surface area contributed by atoms with E-state index in [1.807, 2.05) is 12.1 Å². The highest BCUT2D eigenvalue weighted by molar-refractivity contribution is 7.90. The van der Waals surface area contributed by atoms with Gasteiger partial charge in [-0.15, -0.1) is 12.4 Å². The molecular formula is C14H23ClN2O2S. The summed E-state index contributed by atoms with van der Waals surface area (Å²) in [6.45, 7) is 6.20. The van der Waals surface area contributed by atoms with Gasteiger partial charge in [-0.25, -0.2) is 8.42 Å². The van der Waals surface area contributed by atoms with E-state index in [0.717, 1.165) is 31.7 Å². The Bertz CT molecular complexity index is 523. The first-order valence-electron chi connectivity index (χ1n) is 6.60. The molecule has 114 valence electrons. The lowest BCUT2D eigenvalue weighted by Gasteiger charge is -2.23. The van der Waals surface area contributed by atoms with E-state index < -0.39 is 9.84 Å². The Morgan fingerprint density at radius 2 is 1.95 bits per heavy atom. The number of sulfone groups is 1. The molecular weight excluding hydrogens is 296 g/mol. The second kappa shape index (κ2) is 6.89. The van der Waals surface area contributed by atoms with Crippen LogP contribution in [0.25, 0.3) is 0 Å². The van der Waals surface area contributed by atoms with Crippen molar-refractivity contribution >= 4 is 22.2 Å². The molecule has 2 rings (SSSR count).